The molecule has 9 heteroatoms. The van der Waals surface area contributed by atoms with Crippen LogP contribution < -0.4 is 20.9 Å². The normalized spacial score (nSPS) is 20.1. The molecule has 1 aromatic heterocycles. The van der Waals surface area contributed by atoms with Gasteiger partial charge in [0.05, 0.1) is 5.02 Å². The number of pyridine rings is 1. The maximum absolute atomic E-state index is 12.2. The van der Waals surface area contributed by atoms with Gasteiger partial charge in [0, 0.05) is 37.9 Å². The molecule has 1 aliphatic heterocycles. The van der Waals surface area contributed by atoms with Gasteiger partial charge in [0.2, 0.25) is 5.91 Å². The fraction of sp³-hybridized carbons (Fsp3) is 0.650. The van der Waals surface area contributed by atoms with Crippen molar-refractivity contribution in [1.82, 2.24) is 20.9 Å². The molecular weight excluding hydrogens is 503 g/mol. The van der Waals surface area contributed by atoms with Crippen LogP contribution in [0.25, 0.3) is 0 Å². The van der Waals surface area contributed by atoms with E-state index in [1.54, 1.807) is 6.20 Å². The molecule has 1 saturated heterocycles. The Labute approximate surface area is 195 Å². The molecule has 3 N–H and O–H groups in total. The third-order valence-electron chi connectivity index (χ3n) is 5.26. The summed E-state index contributed by atoms with van der Waals surface area (Å²) >= 11 is 6.27. The molecule has 1 saturated carbocycles. The molecule has 1 amide bonds. The highest BCUT2D eigenvalue weighted by Gasteiger charge is 2.25. The molecule has 1 aliphatic carbocycles. The Hall–Kier alpha value is -1.29. The van der Waals surface area contributed by atoms with Gasteiger partial charge in [0.15, 0.2) is 5.96 Å². The molecule has 1 unspecified atom stereocenters. The van der Waals surface area contributed by atoms with Gasteiger partial charge in [0.1, 0.15) is 12.4 Å². The van der Waals surface area contributed by atoms with Crippen molar-refractivity contribution in [3.8, 4) is 0 Å². The summed E-state index contributed by atoms with van der Waals surface area (Å²) < 4.78 is 0. The van der Waals surface area contributed by atoms with Gasteiger partial charge in [-0.1, -0.05) is 30.9 Å². The molecule has 162 valence electrons. The Bertz CT molecular complexity index is 683. The minimum atomic E-state index is -0.00239. The number of nitrogens with zero attached hydrogens (tertiary/aromatic N) is 3. The van der Waals surface area contributed by atoms with Crippen LogP contribution in [0.2, 0.25) is 5.02 Å². The summed E-state index contributed by atoms with van der Waals surface area (Å²) in [5.74, 6) is 1.50. The van der Waals surface area contributed by atoms with Crippen LogP contribution in [0.5, 0.6) is 0 Å². The molecule has 0 aromatic carbocycles. The highest BCUT2D eigenvalue weighted by molar-refractivity contribution is 14.0. The van der Waals surface area contributed by atoms with Crippen LogP contribution in [0.3, 0.4) is 0 Å². The number of aromatic nitrogens is 1. The van der Waals surface area contributed by atoms with Crippen LogP contribution in [-0.2, 0) is 4.79 Å². The van der Waals surface area contributed by atoms with Gasteiger partial charge in [0.25, 0.3) is 0 Å². The summed E-state index contributed by atoms with van der Waals surface area (Å²) in [6.07, 6.45) is 8.59. The van der Waals surface area contributed by atoms with Crippen LogP contribution in [0.15, 0.2) is 23.3 Å². The largest absolute Gasteiger partial charge is 0.357 e. The lowest BCUT2D eigenvalue weighted by Crippen LogP contribution is -2.45. The minimum absolute atomic E-state index is 0. The first-order valence-corrected chi connectivity index (χ1v) is 10.7. The SMILES string of the molecule is CCNC(=NCC(=O)NC1CCCCC1)NC1CCN(c2ncccc2Cl)C1.I. The lowest BCUT2D eigenvalue weighted by atomic mass is 9.95. The molecule has 3 rings (SSSR count). The van der Waals surface area contributed by atoms with Gasteiger partial charge in [-0.15, -0.1) is 24.0 Å². The molecule has 7 nitrogen and oxygen atoms in total. The predicted molar refractivity (Wildman–Crippen MR) is 129 cm³/mol. The van der Waals surface area contributed by atoms with Crippen molar-refractivity contribution >= 4 is 53.3 Å². The Morgan fingerprint density at radius 1 is 1.24 bits per heavy atom. The molecular formula is C20H32ClIN6O. The van der Waals surface area contributed by atoms with Crippen LogP contribution in [0, 0.1) is 0 Å². The molecule has 1 atom stereocenters. The van der Waals surface area contributed by atoms with E-state index >= 15 is 0 Å². The number of aliphatic imine (C=N–C) groups is 1. The lowest BCUT2D eigenvalue weighted by Gasteiger charge is -2.22. The number of carbonyl (C=O) groups excluding carboxylic acids is 1. The van der Waals surface area contributed by atoms with Crippen molar-refractivity contribution in [1.29, 1.82) is 0 Å². The summed E-state index contributed by atoms with van der Waals surface area (Å²) in [7, 11) is 0. The van der Waals surface area contributed by atoms with Crippen molar-refractivity contribution in [3.63, 3.8) is 0 Å². The van der Waals surface area contributed by atoms with E-state index < -0.39 is 0 Å². The van der Waals surface area contributed by atoms with Gasteiger partial charge in [-0.2, -0.15) is 0 Å². The monoisotopic (exact) mass is 534 g/mol. The van der Waals surface area contributed by atoms with Crippen LogP contribution in [0.4, 0.5) is 5.82 Å². The molecule has 2 aliphatic rings. The number of halogens is 2. The smallest absolute Gasteiger partial charge is 0.242 e. The van der Waals surface area contributed by atoms with Crippen molar-refractivity contribution in [3.05, 3.63) is 23.4 Å². The maximum atomic E-state index is 12.2. The number of guanidine groups is 1. The molecule has 0 radical (unpaired) electrons. The fourth-order valence-corrected chi connectivity index (χ4v) is 4.11. The topological polar surface area (TPSA) is 81.6 Å². The van der Waals surface area contributed by atoms with Crippen molar-refractivity contribution in [2.75, 3.05) is 31.1 Å². The highest BCUT2D eigenvalue weighted by atomic mass is 127. The van der Waals surface area contributed by atoms with E-state index in [1.807, 2.05) is 19.1 Å². The van der Waals surface area contributed by atoms with Gasteiger partial charge in [-0.3, -0.25) is 4.79 Å². The van der Waals surface area contributed by atoms with Gasteiger partial charge < -0.3 is 20.9 Å². The number of hydrogen-bond acceptors (Lipinski definition) is 4. The molecule has 2 heterocycles. The second-order valence-electron chi connectivity index (χ2n) is 7.48. The number of amides is 1. The summed E-state index contributed by atoms with van der Waals surface area (Å²) in [5, 5.41) is 10.5. The third kappa shape index (κ3) is 7.47. The van der Waals surface area contributed by atoms with Gasteiger partial charge >= 0.3 is 0 Å². The van der Waals surface area contributed by atoms with E-state index in [0.717, 1.165) is 44.7 Å². The van der Waals surface area contributed by atoms with Crippen LogP contribution >= 0.6 is 35.6 Å². The zero-order valence-corrected chi connectivity index (χ0v) is 20.1. The number of nitrogens with one attached hydrogen (secondary N) is 3. The second-order valence-corrected chi connectivity index (χ2v) is 7.89. The first-order valence-electron chi connectivity index (χ1n) is 10.4. The van der Waals surface area contributed by atoms with E-state index in [-0.39, 0.29) is 42.5 Å². The van der Waals surface area contributed by atoms with E-state index in [0.29, 0.717) is 17.0 Å². The number of anilines is 1. The number of hydrogen-bond donors (Lipinski definition) is 3. The zero-order chi connectivity index (χ0) is 19.8. The molecule has 0 bridgehead atoms. The van der Waals surface area contributed by atoms with E-state index in [1.165, 1.54) is 19.3 Å². The van der Waals surface area contributed by atoms with E-state index in [9.17, 15) is 4.79 Å². The molecule has 1 aromatic rings. The summed E-state index contributed by atoms with van der Waals surface area (Å²) in [6.45, 7) is 4.60. The fourth-order valence-electron chi connectivity index (χ4n) is 3.86. The Balaban J connectivity index is 0.00000300. The van der Waals surface area contributed by atoms with Crippen molar-refractivity contribution in [2.45, 2.75) is 57.5 Å². The molecule has 29 heavy (non-hydrogen) atoms. The Morgan fingerprint density at radius 2 is 2.03 bits per heavy atom. The standard InChI is InChI=1S/C20H31ClN6O.HI/c1-2-22-20(24-13-18(28)25-15-7-4-3-5-8-15)26-16-10-12-27(14-16)19-17(21)9-6-11-23-19;/h6,9,11,15-16H,2-5,7-8,10,12-14H2,1H3,(H,25,28)(H2,22,24,26);1H. The zero-order valence-electron chi connectivity index (χ0n) is 17.0. The third-order valence-corrected chi connectivity index (χ3v) is 5.56. The molecule has 0 spiro atoms. The maximum Gasteiger partial charge on any atom is 0.242 e. The first kappa shape index (κ1) is 24.0. The van der Waals surface area contributed by atoms with Crippen molar-refractivity contribution in [2.24, 2.45) is 4.99 Å². The van der Waals surface area contributed by atoms with E-state index in [2.05, 4.69) is 30.8 Å². The summed E-state index contributed by atoms with van der Waals surface area (Å²) in [5.41, 5.74) is 0. The van der Waals surface area contributed by atoms with Crippen molar-refractivity contribution < 1.29 is 4.79 Å². The number of carbonyl (C=O) groups is 1. The molecule has 2 fully saturated rings. The average molecular weight is 535 g/mol. The van der Waals surface area contributed by atoms with Crippen LogP contribution in [-0.4, -0.2) is 55.1 Å². The average Bonchev–Trinajstić information content (AvgIpc) is 3.16. The quantitative estimate of drug-likeness (QED) is 0.297. The minimum Gasteiger partial charge on any atom is -0.357 e. The van der Waals surface area contributed by atoms with Gasteiger partial charge in [-0.05, 0) is 38.3 Å². The van der Waals surface area contributed by atoms with Crippen LogP contribution in [0.1, 0.15) is 45.4 Å². The lowest BCUT2D eigenvalue weighted by molar-refractivity contribution is -0.120. The Morgan fingerprint density at radius 3 is 2.76 bits per heavy atom. The van der Waals surface area contributed by atoms with Gasteiger partial charge in [-0.25, -0.2) is 9.98 Å². The summed E-state index contributed by atoms with van der Waals surface area (Å²) in [4.78, 5) is 23.3. The second kappa shape index (κ2) is 12.4. The highest BCUT2D eigenvalue weighted by Crippen LogP contribution is 2.25. The van der Waals surface area contributed by atoms with E-state index in [4.69, 9.17) is 11.6 Å². The predicted octanol–water partition coefficient (Wildman–Crippen LogP) is 2.94. The number of rotatable bonds is 6. The summed E-state index contributed by atoms with van der Waals surface area (Å²) in [6, 6.07) is 4.25. The first-order chi connectivity index (χ1) is 13.7. The Kier molecular flexibility index (Phi) is 10.3.